The fourth-order valence-electron chi connectivity index (χ4n) is 2.67. The van der Waals surface area contributed by atoms with E-state index in [1.54, 1.807) is 0 Å². The van der Waals surface area contributed by atoms with E-state index in [9.17, 15) is 4.79 Å². The van der Waals surface area contributed by atoms with E-state index in [0.29, 0.717) is 0 Å². The molecule has 3 aromatic carbocycles. The Hall–Kier alpha value is -1.93. The van der Waals surface area contributed by atoms with E-state index in [2.05, 4.69) is 15.9 Å². The summed E-state index contributed by atoms with van der Waals surface area (Å²) >= 11 is 3.55. The quantitative estimate of drug-likeness (QED) is 0.568. The van der Waals surface area contributed by atoms with Crippen molar-refractivity contribution in [3.63, 3.8) is 0 Å². The molecule has 0 bridgehead atoms. The maximum absolute atomic E-state index is 12.9. The fourth-order valence-corrected chi connectivity index (χ4v) is 3.15. The molecule has 0 spiro atoms. The standard InChI is InChI=1S/C19H15BrO/c1-12-7-8-14(13(2)11-12)19(21)17-9-10-18(20)16-6-4-3-5-15(16)17/h3-11H,1-2H3. The first-order valence-electron chi connectivity index (χ1n) is 6.87. The predicted molar refractivity (Wildman–Crippen MR) is 91.0 cm³/mol. The summed E-state index contributed by atoms with van der Waals surface area (Å²) in [7, 11) is 0. The number of aryl methyl sites for hydroxylation is 2. The fraction of sp³-hybridized carbons (Fsp3) is 0.105. The van der Waals surface area contributed by atoms with Gasteiger partial charge in [-0.05, 0) is 42.3 Å². The second-order valence-electron chi connectivity index (χ2n) is 5.29. The maximum Gasteiger partial charge on any atom is 0.193 e. The summed E-state index contributed by atoms with van der Waals surface area (Å²) < 4.78 is 1.01. The molecule has 0 fully saturated rings. The smallest absolute Gasteiger partial charge is 0.193 e. The van der Waals surface area contributed by atoms with Crippen molar-refractivity contribution < 1.29 is 4.79 Å². The van der Waals surface area contributed by atoms with E-state index in [-0.39, 0.29) is 5.78 Å². The zero-order valence-corrected chi connectivity index (χ0v) is 13.6. The topological polar surface area (TPSA) is 17.1 Å². The lowest BCUT2D eigenvalue weighted by Gasteiger charge is -2.10. The van der Waals surface area contributed by atoms with Crippen LogP contribution in [-0.2, 0) is 0 Å². The van der Waals surface area contributed by atoms with Crippen LogP contribution in [0.3, 0.4) is 0 Å². The van der Waals surface area contributed by atoms with E-state index in [4.69, 9.17) is 0 Å². The van der Waals surface area contributed by atoms with Gasteiger partial charge in [-0.25, -0.2) is 0 Å². The van der Waals surface area contributed by atoms with E-state index in [1.807, 2.05) is 68.4 Å². The van der Waals surface area contributed by atoms with Crippen LogP contribution in [0.2, 0.25) is 0 Å². The number of rotatable bonds is 2. The Bertz CT molecular complexity index is 849. The van der Waals surface area contributed by atoms with Gasteiger partial charge in [0, 0.05) is 15.6 Å². The Morgan fingerprint density at radius 2 is 1.52 bits per heavy atom. The molecule has 104 valence electrons. The summed E-state index contributed by atoms with van der Waals surface area (Å²) in [6, 6.07) is 17.8. The lowest BCUT2D eigenvalue weighted by Crippen LogP contribution is -2.04. The Balaban J connectivity index is 2.21. The number of benzene rings is 3. The van der Waals surface area contributed by atoms with Gasteiger partial charge in [-0.15, -0.1) is 0 Å². The van der Waals surface area contributed by atoms with E-state index in [0.717, 1.165) is 31.9 Å². The Labute approximate surface area is 132 Å². The van der Waals surface area contributed by atoms with Crippen molar-refractivity contribution in [1.82, 2.24) is 0 Å². The van der Waals surface area contributed by atoms with Crippen LogP contribution in [0.25, 0.3) is 10.8 Å². The monoisotopic (exact) mass is 338 g/mol. The number of ketones is 1. The van der Waals surface area contributed by atoms with Crippen molar-refractivity contribution in [1.29, 1.82) is 0 Å². The summed E-state index contributed by atoms with van der Waals surface area (Å²) in [5.41, 5.74) is 3.71. The number of hydrogen-bond donors (Lipinski definition) is 0. The third kappa shape index (κ3) is 2.52. The lowest BCUT2D eigenvalue weighted by atomic mass is 9.94. The normalized spacial score (nSPS) is 10.8. The molecule has 0 saturated carbocycles. The van der Waals surface area contributed by atoms with Gasteiger partial charge >= 0.3 is 0 Å². The second kappa shape index (κ2) is 5.45. The van der Waals surface area contributed by atoms with Crippen LogP contribution >= 0.6 is 15.9 Å². The molecule has 2 heteroatoms. The van der Waals surface area contributed by atoms with Gasteiger partial charge in [0.15, 0.2) is 5.78 Å². The molecule has 0 amide bonds. The van der Waals surface area contributed by atoms with Crippen LogP contribution in [0, 0.1) is 13.8 Å². The molecule has 0 saturated heterocycles. The third-order valence-corrected chi connectivity index (χ3v) is 4.43. The minimum atomic E-state index is 0.0798. The summed E-state index contributed by atoms with van der Waals surface area (Å²) in [4.78, 5) is 12.9. The van der Waals surface area contributed by atoms with E-state index < -0.39 is 0 Å². The predicted octanol–water partition coefficient (Wildman–Crippen LogP) is 5.45. The van der Waals surface area contributed by atoms with Crippen LogP contribution in [0.5, 0.6) is 0 Å². The van der Waals surface area contributed by atoms with Crippen molar-refractivity contribution in [3.8, 4) is 0 Å². The molecule has 0 aliphatic carbocycles. The van der Waals surface area contributed by atoms with Gasteiger partial charge in [0.25, 0.3) is 0 Å². The molecule has 0 heterocycles. The molecule has 3 aromatic rings. The molecule has 21 heavy (non-hydrogen) atoms. The first-order valence-corrected chi connectivity index (χ1v) is 7.66. The number of carbonyl (C=O) groups is 1. The highest BCUT2D eigenvalue weighted by Gasteiger charge is 2.15. The van der Waals surface area contributed by atoms with Crippen molar-refractivity contribution in [2.45, 2.75) is 13.8 Å². The van der Waals surface area contributed by atoms with Gasteiger partial charge in [-0.1, -0.05) is 64.0 Å². The molecule has 0 unspecified atom stereocenters. The SMILES string of the molecule is Cc1ccc(C(=O)c2ccc(Br)c3ccccc23)c(C)c1. The highest BCUT2D eigenvalue weighted by molar-refractivity contribution is 9.10. The van der Waals surface area contributed by atoms with E-state index in [1.165, 1.54) is 5.56 Å². The van der Waals surface area contributed by atoms with Crippen LogP contribution in [0.15, 0.2) is 59.1 Å². The molecule has 0 aromatic heterocycles. The first-order chi connectivity index (χ1) is 10.1. The van der Waals surface area contributed by atoms with Crippen LogP contribution in [0.1, 0.15) is 27.0 Å². The highest BCUT2D eigenvalue weighted by atomic mass is 79.9. The number of halogens is 1. The molecule has 1 nitrogen and oxygen atoms in total. The first kappa shape index (κ1) is 14.0. The Kier molecular flexibility index (Phi) is 3.64. The van der Waals surface area contributed by atoms with Crippen LogP contribution in [-0.4, -0.2) is 5.78 Å². The summed E-state index contributed by atoms with van der Waals surface area (Å²) in [5, 5.41) is 2.05. The zero-order valence-electron chi connectivity index (χ0n) is 12.0. The summed E-state index contributed by atoms with van der Waals surface area (Å²) in [6.45, 7) is 4.03. The van der Waals surface area contributed by atoms with Gasteiger partial charge in [-0.3, -0.25) is 4.79 Å². The molecule has 3 rings (SSSR count). The average molecular weight is 339 g/mol. The maximum atomic E-state index is 12.9. The zero-order chi connectivity index (χ0) is 15.0. The van der Waals surface area contributed by atoms with Gasteiger partial charge in [0.05, 0.1) is 0 Å². The molecular weight excluding hydrogens is 324 g/mol. The van der Waals surface area contributed by atoms with E-state index >= 15 is 0 Å². The minimum absolute atomic E-state index is 0.0798. The number of fused-ring (bicyclic) bond motifs is 1. The minimum Gasteiger partial charge on any atom is -0.289 e. The molecule has 0 N–H and O–H groups in total. The van der Waals surface area contributed by atoms with Crippen LogP contribution < -0.4 is 0 Å². The van der Waals surface area contributed by atoms with Crippen molar-refractivity contribution in [2.24, 2.45) is 0 Å². The van der Waals surface area contributed by atoms with Gasteiger partial charge in [0.2, 0.25) is 0 Å². The van der Waals surface area contributed by atoms with Crippen molar-refractivity contribution >= 4 is 32.5 Å². The van der Waals surface area contributed by atoms with Gasteiger partial charge in [-0.2, -0.15) is 0 Å². The Morgan fingerprint density at radius 3 is 2.24 bits per heavy atom. The summed E-state index contributed by atoms with van der Waals surface area (Å²) in [6.07, 6.45) is 0. The highest BCUT2D eigenvalue weighted by Crippen LogP contribution is 2.28. The molecule has 0 aliphatic rings. The molecule has 0 radical (unpaired) electrons. The van der Waals surface area contributed by atoms with Gasteiger partial charge < -0.3 is 0 Å². The number of hydrogen-bond acceptors (Lipinski definition) is 1. The average Bonchev–Trinajstić information content (AvgIpc) is 2.47. The molecule has 0 aliphatic heterocycles. The largest absolute Gasteiger partial charge is 0.289 e. The lowest BCUT2D eigenvalue weighted by molar-refractivity contribution is 0.103. The summed E-state index contributed by atoms with van der Waals surface area (Å²) in [5.74, 6) is 0.0798. The van der Waals surface area contributed by atoms with Crippen LogP contribution in [0.4, 0.5) is 0 Å². The molecular formula is C19H15BrO. The van der Waals surface area contributed by atoms with Crippen molar-refractivity contribution in [2.75, 3.05) is 0 Å². The van der Waals surface area contributed by atoms with Crippen molar-refractivity contribution in [3.05, 3.63) is 81.3 Å². The number of carbonyl (C=O) groups excluding carboxylic acids is 1. The van der Waals surface area contributed by atoms with Gasteiger partial charge in [0.1, 0.15) is 0 Å². The Morgan fingerprint density at radius 1 is 0.857 bits per heavy atom. The second-order valence-corrected chi connectivity index (χ2v) is 6.14. The third-order valence-electron chi connectivity index (χ3n) is 3.74. The molecule has 0 atom stereocenters.